The van der Waals surface area contributed by atoms with Crippen molar-refractivity contribution in [1.82, 2.24) is 4.90 Å². The first-order valence-electron chi connectivity index (χ1n) is 4.23. The third-order valence-corrected chi connectivity index (χ3v) is 3.77. The lowest BCUT2D eigenvalue weighted by Gasteiger charge is -2.11. The molecule has 0 N–H and O–H groups in total. The van der Waals surface area contributed by atoms with Crippen LogP contribution in [0.3, 0.4) is 0 Å². The Kier molecular flexibility index (Phi) is 2.69. The summed E-state index contributed by atoms with van der Waals surface area (Å²) in [6.45, 7) is 0.425. The summed E-state index contributed by atoms with van der Waals surface area (Å²) in [5.41, 5.74) is 0. The molecule has 1 saturated heterocycles. The van der Waals surface area contributed by atoms with Crippen molar-refractivity contribution < 1.29 is 9.59 Å². The monoisotopic (exact) mass is 273 g/mol. The number of carbonyl (C=O) groups excluding carboxylic acids is 2. The average Bonchev–Trinajstić information content (AvgIpc) is 2.67. The zero-order valence-electron chi connectivity index (χ0n) is 7.33. The highest BCUT2D eigenvalue weighted by Crippen LogP contribution is 2.23. The number of nitrogens with zero attached hydrogens (tertiary/aromatic N) is 1. The van der Waals surface area contributed by atoms with Crippen molar-refractivity contribution in [2.75, 3.05) is 0 Å². The molecule has 0 unspecified atom stereocenters. The Bertz CT molecular complexity index is 372. The zero-order chi connectivity index (χ0) is 10.1. The van der Waals surface area contributed by atoms with E-state index < -0.39 is 0 Å². The summed E-state index contributed by atoms with van der Waals surface area (Å²) in [5, 5.41) is 1.94. The van der Waals surface area contributed by atoms with Crippen LogP contribution in [0.5, 0.6) is 0 Å². The molecule has 3 nitrogen and oxygen atoms in total. The Balaban J connectivity index is 2.10. The van der Waals surface area contributed by atoms with Gasteiger partial charge in [-0.15, -0.1) is 11.3 Å². The van der Waals surface area contributed by atoms with E-state index in [4.69, 9.17) is 0 Å². The van der Waals surface area contributed by atoms with Crippen molar-refractivity contribution in [3.63, 3.8) is 0 Å². The quantitative estimate of drug-likeness (QED) is 0.775. The van der Waals surface area contributed by atoms with Gasteiger partial charge in [-0.1, -0.05) is 0 Å². The van der Waals surface area contributed by atoms with Crippen LogP contribution in [-0.4, -0.2) is 16.7 Å². The van der Waals surface area contributed by atoms with Crippen LogP contribution in [0.25, 0.3) is 0 Å². The number of amides is 2. The summed E-state index contributed by atoms with van der Waals surface area (Å²) >= 11 is 4.88. The van der Waals surface area contributed by atoms with Gasteiger partial charge in [-0.05, 0) is 22.0 Å². The van der Waals surface area contributed by atoms with E-state index in [-0.39, 0.29) is 11.8 Å². The second kappa shape index (κ2) is 3.82. The topological polar surface area (TPSA) is 37.4 Å². The van der Waals surface area contributed by atoms with Crippen molar-refractivity contribution >= 4 is 39.1 Å². The van der Waals surface area contributed by atoms with Crippen LogP contribution in [0, 0.1) is 0 Å². The van der Waals surface area contributed by atoms with Gasteiger partial charge in [-0.3, -0.25) is 14.5 Å². The first kappa shape index (κ1) is 9.86. The standard InChI is InChI=1S/C9H8BrNO2S/c10-6-3-7(14-5-6)4-11-8(12)1-2-9(11)13/h3,5H,1-2,4H2. The van der Waals surface area contributed by atoms with Crippen LogP contribution >= 0.6 is 27.3 Å². The Morgan fingerprint density at radius 1 is 1.36 bits per heavy atom. The van der Waals surface area contributed by atoms with Gasteiger partial charge in [0.1, 0.15) is 0 Å². The first-order valence-corrected chi connectivity index (χ1v) is 5.90. The van der Waals surface area contributed by atoms with E-state index in [9.17, 15) is 9.59 Å². The SMILES string of the molecule is O=C1CCC(=O)N1Cc1cc(Br)cs1. The number of likely N-dealkylation sites (tertiary alicyclic amines) is 1. The molecule has 0 aliphatic carbocycles. The van der Waals surface area contributed by atoms with Crippen molar-refractivity contribution in [3.05, 3.63) is 20.8 Å². The third-order valence-electron chi connectivity index (χ3n) is 2.09. The molecule has 1 aromatic heterocycles. The summed E-state index contributed by atoms with van der Waals surface area (Å²) in [6.07, 6.45) is 0.733. The van der Waals surface area contributed by atoms with Gasteiger partial charge in [0.05, 0.1) is 6.54 Å². The number of hydrogen-bond acceptors (Lipinski definition) is 3. The van der Waals surface area contributed by atoms with Crippen LogP contribution in [0.4, 0.5) is 0 Å². The van der Waals surface area contributed by atoms with Gasteiger partial charge < -0.3 is 0 Å². The molecule has 1 fully saturated rings. The minimum Gasteiger partial charge on any atom is -0.277 e. The van der Waals surface area contributed by atoms with Gasteiger partial charge in [0.15, 0.2) is 0 Å². The molecule has 0 aromatic carbocycles. The number of rotatable bonds is 2. The Morgan fingerprint density at radius 2 is 2.00 bits per heavy atom. The molecule has 2 amide bonds. The predicted molar refractivity (Wildman–Crippen MR) is 56.8 cm³/mol. The Labute approximate surface area is 93.8 Å². The van der Waals surface area contributed by atoms with Crippen molar-refractivity contribution in [1.29, 1.82) is 0 Å². The van der Waals surface area contributed by atoms with E-state index in [0.717, 1.165) is 9.35 Å². The van der Waals surface area contributed by atoms with Crippen molar-refractivity contribution in [2.24, 2.45) is 0 Å². The summed E-state index contributed by atoms with van der Waals surface area (Å²) in [4.78, 5) is 24.9. The minimum atomic E-state index is -0.0560. The molecular formula is C9H8BrNO2S. The maximum absolute atomic E-state index is 11.3. The van der Waals surface area contributed by atoms with E-state index in [0.29, 0.717) is 19.4 Å². The molecule has 0 spiro atoms. The highest BCUT2D eigenvalue weighted by Gasteiger charge is 2.28. The number of carbonyl (C=O) groups is 2. The lowest BCUT2D eigenvalue weighted by atomic mass is 10.4. The van der Waals surface area contributed by atoms with Gasteiger partial charge in [0.2, 0.25) is 11.8 Å². The normalized spacial score (nSPS) is 16.8. The van der Waals surface area contributed by atoms with Gasteiger partial charge >= 0.3 is 0 Å². The number of imide groups is 1. The maximum atomic E-state index is 11.3. The molecule has 5 heteroatoms. The van der Waals surface area contributed by atoms with Crippen molar-refractivity contribution in [2.45, 2.75) is 19.4 Å². The molecule has 0 radical (unpaired) electrons. The lowest BCUT2D eigenvalue weighted by Crippen LogP contribution is -2.27. The largest absolute Gasteiger partial charge is 0.277 e. The number of halogens is 1. The zero-order valence-corrected chi connectivity index (χ0v) is 9.73. The molecule has 0 atom stereocenters. The molecule has 1 aromatic rings. The highest BCUT2D eigenvalue weighted by molar-refractivity contribution is 9.10. The lowest BCUT2D eigenvalue weighted by molar-refractivity contribution is -0.138. The van der Waals surface area contributed by atoms with Gasteiger partial charge in [-0.2, -0.15) is 0 Å². The van der Waals surface area contributed by atoms with Crippen LogP contribution in [0.2, 0.25) is 0 Å². The van der Waals surface area contributed by atoms with E-state index >= 15 is 0 Å². The van der Waals surface area contributed by atoms with Crippen molar-refractivity contribution in [3.8, 4) is 0 Å². The number of hydrogen-bond donors (Lipinski definition) is 0. The molecule has 0 bridgehead atoms. The van der Waals surface area contributed by atoms with E-state index in [1.807, 2.05) is 11.4 Å². The highest BCUT2D eigenvalue weighted by atomic mass is 79.9. The summed E-state index contributed by atoms with van der Waals surface area (Å²) in [6, 6.07) is 1.93. The second-order valence-electron chi connectivity index (χ2n) is 3.10. The van der Waals surface area contributed by atoms with Crippen LogP contribution in [0.1, 0.15) is 17.7 Å². The fourth-order valence-electron chi connectivity index (χ4n) is 1.39. The molecular weight excluding hydrogens is 266 g/mol. The average molecular weight is 274 g/mol. The second-order valence-corrected chi connectivity index (χ2v) is 5.02. The minimum absolute atomic E-state index is 0.0560. The Morgan fingerprint density at radius 3 is 2.50 bits per heavy atom. The molecule has 1 aliphatic heterocycles. The maximum Gasteiger partial charge on any atom is 0.230 e. The summed E-state index contributed by atoms with van der Waals surface area (Å²) < 4.78 is 0.997. The molecule has 2 rings (SSSR count). The van der Waals surface area contributed by atoms with Gasteiger partial charge in [-0.25, -0.2) is 0 Å². The van der Waals surface area contributed by atoms with Crippen LogP contribution < -0.4 is 0 Å². The fourth-order valence-corrected chi connectivity index (χ4v) is 2.83. The van der Waals surface area contributed by atoms with Crippen LogP contribution in [-0.2, 0) is 16.1 Å². The van der Waals surface area contributed by atoms with E-state index in [1.165, 1.54) is 4.90 Å². The molecule has 14 heavy (non-hydrogen) atoms. The van der Waals surface area contributed by atoms with E-state index in [1.54, 1.807) is 11.3 Å². The molecule has 0 saturated carbocycles. The first-order chi connectivity index (χ1) is 6.66. The van der Waals surface area contributed by atoms with Gasteiger partial charge in [0, 0.05) is 27.6 Å². The van der Waals surface area contributed by atoms with Crippen LogP contribution in [0.15, 0.2) is 15.9 Å². The predicted octanol–water partition coefficient (Wildman–Crippen LogP) is 2.16. The smallest absolute Gasteiger partial charge is 0.230 e. The fraction of sp³-hybridized carbons (Fsp3) is 0.333. The third kappa shape index (κ3) is 1.88. The molecule has 1 aliphatic rings. The van der Waals surface area contributed by atoms with E-state index in [2.05, 4.69) is 15.9 Å². The van der Waals surface area contributed by atoms with Gasteiger partial charge in [0.25, 0.3) is 0 Å². The summed E-state index contributed by atoms with van der Waals surface area (Å²) in [7, 11) is 0. The number of thiophene rings is 1. The molecule has 74 valence electrons. The summed E-state index contributed by atoms with van der Waals surface area (Å²) in [5.74, 6) is -0.112. The molecule has 2 heterocycles. The Hall–Kier alpha value is -0.680.